The second-order valence-electron chi connectivity index (χ2n) is 5.32. The molecule has 0 aliphatic heterocycles. The van der Waals surface area contributed by atoms with Gasteiger partial charge in [-0.2, -0.15) is 0 Å². The van der Waals surface area contributed by atoms with Crippen LogP contribution in [-0.2, 0) is 4.74 Å². The average molecular weight is 273 g/mol. The molecular formula is C13H27N3O3. The number of hydrogen-bond acceptors (Lipinski definition) is 3. The second-order valence-corrected chi connectivity index (χ2v) is 5.32. The summed E-state index contributed by atoms with van der Waals surface area (Å²) in [5, 5.41) is 7.97. The third kappa shape index (κ3) is 12.8. The highest BCUT2D eigenvalue weighted by Crippen LogP contribution is 2.05. The fraction of sp³-hybridized carbons (Fsp3) is 0.846. The Labute approximate surface area is 115 Å². The minimum absolute atomic E-state index is 0.206. The van der Waals surface area contributed by atoms with Crippen molar-refractivity contribution in [1.29, 1.82) is 0 Å². The summed E-state index contributed by atoms with van der Waals surface area (Å²) in [6.07, 6.45) is 2.75. The molecule has 3 N–H and O–H groups in total. The van der Waals surface area contributed by atoms with Gasteiger partial charge in [-0.3, -0.25) is 0 Å². The van der Waals surface area contributed by atoms with Crippen molar-refractivity contribution < 1.29 is 14.3 Å². The van der Waals surface area contributed by atoms with Crippen LogP contribution in [-0.4, -0.2) is 37.4 Å². The topological polar surface area (TPSA) is 79.5 Å². The first-order chi connectivity index (χ1) is 8.85. The Morgan fingerprint density at radius 1 is 0.947 bits per heavy atom. The molecule has 3 amide bonds. The Hall–Kier alpha value is -1.46. The van der Waals surface area contributed by atoms with Gasteiger partial charge < -0.3 is 20.7 Å². The minimum Gasteiger partial charge on any atom is -0.444 e. The van der Waals surface area contributed by atoms with Gasteiger partial charge in [-0.15, -0.1) is 0 Å². The monoisotopic (exact) mass is 273 g/mol. The number of carbonyl (C=O) groups is 2. The zero-order valence-corrected chi connectivity index (χ0v) is 12.5. The van der Waals surface area contributed by atoms with Crippen molar-refractivity contribution >= 4 is 12.1 Å². The number of alkyl carbamates (subject to hydrolysis) is 1. The summed E-state index contributed by atoms with van der Waals surface area (Å²) in [6, 6.07) is -0.206. The number of amides is 3. The lowest BCUT2D eigenvalue weighted by Crippen LogP contribution is -2.41. The maximum atomic E-state index is 11.3. The molecule has 0 spiro atoms. The smallest absolute Gasteiger partial charge is 0.407 e. The van der Waals surface area contributed by atoms with Crippen molar-refractivity contribution in [3.05, 3.63) is 0 Å². The van der Waals surface area contributed by atoms with Crippen LogP contribution >= 0.6 is 0 Å². The summed E-state index contributed by atoms with van der Waals surface area (Å²) in [7, 11) is 0. The Bertz CT molecular complexity index is 275. The molecule has 112 valence electrons. The van der Waals surface area contributed by atoms with Crippen molar-refractivity contribution in [2.24, 2.45) is 0 Å². The first-order valence-corrected chi connectivity index (χ1v) is 6.83. The van der Waals surface area contributed by atoms with Gasteiger partial charge in [0.1, 0.15) is 5.60 Å². The Balaban J connectivity index is 3.48. The molecule has 0 aromatic heterocycles. The summed E-state index contributed by atoms with van der Waals surface area (Å²) in [5.41, 5.74) is -0.506. The molecule has 0 rings (SSSR count). The predicted octanol–water partition coefficient (Wildman–Crippen LogP) is 2.00. The molecule has 6 nitrogen and oxygen atoms in total. The first kappa shape index (κ1) is 17.5. The van der Waals surface area contributed by atoms with Crippen LogP contribution in [0.15, 0.2) is 0 Å². The molecular weight excluding hydrogens is 246 g/mol. The average Bonchev–Trinajstić information content (AvgIpc) is 2.28. The van der Waals surface area contributed by atoms with Crippen molar-refractivity contribution in [3.63, 3.8) is 0 Å². The molecule has 0 unspecified atom stereocenters. The van der Waals surface area contributed by atoms with E-state index in [2.05, 4.69) is 22.9 Å². The fourth-order valence-corrected chi connectivity index (χ4v) is 1.29. The summed E-state index contributed by atoms with van der Waals surface area (Å²) in [6.45, 7) is 8.91. The van der Waals surface area contributed by atoms with Crippen molar-refractivity contribution in [2.75, 3.05) is 19.6 Å². The largest absolute Gasteiger partial charge is 0.444 e. The highest BCUT2D eigenvalue weighted by molar-refractivity contribution is 5.73. The normalized spacial score (nSPS) is 10.7. The molecule has 19 heavy (non-hydrogen) atoms. The van der Waals surface area contributed by atoms with Crippen LogP contribution in [0.1, 0.15) is 47.0 Å². The van der Waals surface area contributed by atoms with Gasteiger partial charge in [-0.1, -0.05) is 19.8 Å². The first-order valence-electron chi connectivity index (χ1n) is 6.83. The van der Waals surface area contributed by atoms with E-state index in [4.69, 9.17) is 4.74 Å². The lowest BCUT2D eigenvalue weighted by molar-refractivity contribution is 0.0528. The van der Waals surface area contributed by atoms with Gasteiger partial charge in [-0.05, 0) is 27.2 Å². The van der Waals surface area contributed by atoms with Gasteiger partial charge >= 0.3 is 12.1 Å². The number of hydrogen-bond donors (Lipinski definition) is 3. The van der Waals surface area contributed by atoms with E-state index in [0.717, 1.165) is 19.3 Å². The Morgan fingerprint density at radius 3 is 2.11 bits per heavy atom. The highest BCUT2D eigenvalue weighted by atomic mass is 16.6. The fourth-order valence-electron chi connectivity index (χ4n) is 1.29. The summed E-state index contributed by atoms with van der Waals surface area (Å²) < 4.78 is 5.06. The van der Waals surface area contributed by atoms with Crippen molar-refractivity contribution in [3.8, 4) is 0 Å². The van der Waals surface area contributed by atoms with Crippen LogP contribution in [0.3, 0.4) is 0 Å². The zero-order valence-electron chi connectivity index (χ0n) is 12.5. The van der Waals surface area contributed by atoms with E-state index in [1.165, 1.54) is 0 Å². The molecule has 0 aromatic rings. The number of urea groups is 1. The van der Waals surface area contributed by atoms with Crippen LogP contribution < -0.4 is 16.0 Å². The van der Waals surface area contributed by atoms with Gasteiger partial charge in [0.15, 0.2) is 0 Å². The molecule has 6 heteroatoms. The van der Waals surface area contributed by atoms with Gasteiger partial charge in [-0.25, -0.2) is 9.59 Å². The van der Waals surface area contributed by atoms with E-state index < -0.39 is 11.7 Å². The maximum absolute atomic E-state index is 11.3. The van der Waals surface area contributed by atoms with E-state index in [9.17, 15) is 9.59 Å². The Morgan fingerprint density at radius 2 is 1.53 bits per heavy atom. The highest BCUT2D eigenvalue weighted by Gasteiger charge is 2.15. The summed E-state index contributed by atoms with van der Waals surface area (Å²) >= 11 is 0. The van der Waals surface area contributed by atoms with E-state index in [-0.39, 0.29) is 6.03 Å². The number of ether oxygens (including phenoxy) is 1. The molecule has 0 saturated heterocycles. The van der Waals surface area contributed by atoms with Crippen LogP contribution in [0.5, 0.6) is 0 Å². The summed E-state index contributed by atoms with van der Waals surface area (Å²) in [4.78, 5) is 22.6. The van der Waals surface area contributed by atoms with Crippen LogP contribution in [0, 0.1) is 0 Å². The molecule has 0 aliphatic carbocycles. The molecule has 0 saturated carbocycles. The van der Waals surface area contributed by atoms with E-state index in [0.29, 0.717) is 19.6 Å². The third-order valence-corrected chi connectivity index (χ3v) is 2.14. The van der Waals surface area contributed by atoms with E-state index >= 15 is 0 Å². The number of unbranched alkanes of at least 4 members (excludes halogenated alkanes) is 2. The van der Waals surface area contributed by atoms with Gasteiger partial charge in [0.2, 0.25) is 0 Å². The molecule has 0 aliphatic rings. The number of carbonyl (C=O) groups excluding carboxylic acids is 2. The van der Waals surface area contributed by atoms with Gasteiger partial charge in [0.05, 0.1) is 0 Å². The molecule has 0 atom stereocenters. The van der Waals surface area contributed by atoms with E-state index in [1.54, 1.807) is 20.8 Å². The van der Waals surface area contributed by atoms with Crippen molar-refractivity contribution in [2.45, 2.75) is 52.6 Å². The molecule has 0 radical (unpaired) electrons. The molecule has 0 fully saturated rings. The maximum Gasteiger partial charge on any atom is 0.407 e. The second kappa shape index (κ2) is 9.47. The summed E-state index contributed by atoms with van der Waals surface area (Å²) in [5.74, 6) is 0. The SMILES string of the molecule is CCCCCNC(=O)NCCNC(=O)OC(C)(C)C. The van der Waals surface area contributed by atoms with Gasteiger partial charge in [0.25, 0.3) is 0 Å². The van der Waals surface area contributed by atoms with Crippen LogP contribution in [0.2, 0.25) is 0 Å². The molecule has 0 heterocycles. The minimum atomic E-state index is -0.506. The van der Waals surface area contributed by atoms with Crippen LogP contribution in [0.25, 0.3) is 0 Å². The van der Waals surface area contributed by atoms with Crippen LogP contribution in [0.4, 0.5) is 9.59 Å². The lowest BCUT2D eigenvalue weighted by Gasteiger charge is -2.19. The number of rotatable bonds is 7. The predicted molar refractivity (Wildman–Crippen MR) is 75.2 cm³/mol. The van der Waals surface area contributed by atoms with E-state index in [1.807, 2.05) is 0 Å². The quantitative estimate of drug-likeness (QED) is 0.621. The van der Waals surface area contributed by atoms with Crippen molar-refractivity contribution in [1.82, 2.24) is 16.0 Å². The lowest BCUT2D eigenvalue weighted by atomic mass is 10.2. The molecule has 0 bridgehead atoms. The van der Waals surface area contributed by atoms with Gasteiger partial charge in [0, 0.05) is 19.6 Å². The zero-order chi connectivity index (χ0) is 14.7. The third-order valence-electron chi connectivity index (χ3n) is 2.14. The molecule has 0 aromatic carbocycles. The number of nitrogens with one attached hydrogen (secondary N) is 3. The standard InChI is InChI=1S/C13H27N3O3/c1-5-6-7-8-14-11(17)15-9-10-16-12(18)19-13(2,3)4/h5-10H2,1-4H3,(H,16,18)(H2,14,15,17). The Kier molecular flexibility index (Phi) is 8.74.